The predicted molar refractivity (Wildman–Crippen MR) is 116 cm³/mol. The van der Waals surface area contributed by atoms with Gasteiger partial charge in [-0.15, -0.1) is 0 Å². The van der Waals surface area contributed by atoms with E-state index in [-0.39, 0.29) is 36.9 Å². The minimum atomic E-state index is -0.744. The van der Waals surface area contributed by atoms with Crippen molar-refractivity contribution in [2.24, 2.45) is 5.92 Å². The number of piperazine rings is 1. The molecule has 1 saturated heterocycles. The van der Waals surface area contributed by atoms with E-state index in [9.17, 15) is 14.4 Å². The number of amides is 4. The second kappa shape index (κ2) is 9.91. The van der Waals surface area contributed by atoms with Gasteiger partial charge in [-0.05, 0) is 30.2 Å². The fourth-order valence-corrected chi connectivity index (χ4v) is 3.33. The fourth-order valence-electron chi connectivity index (χ4n) is 3.33. The summed E-state index contributed by atoms with van der Waals surface area (Å²) in [6.07, 6.45) is 0. The van der Waals surface area contributed by atoms with Crippen LogP contribution in [0.5, 0.6) is 0 Å². The van der Waals surface area contributed by atoms with Gasteiger partial charge < -0.3 is 20.4 Å². The van der Waals surface area contributed by atoms with Crippen LogP contribution in [-0.2, 0) is 4.79 Å². The topological polar surface area (TPSA) is 81.8 Å². The highest BCUT2D eigenvalue weighted by atomic mass is 16.2. The second-order valence-electron chi connectivity index (χ2n) is 7.76. The molecule has 4 amide bonds. The highest BCUT2D eigenvalue weighted by Crippen LogP contribution is 2.16. The first-order chi connectivity index (χ1) is 14.5. The lowest BCUT2D eigenvalue weighted by Crippen LogP contribution is -2.62. The minimum absolute atomic E-state index is 0.140. The van der Waals surface area contributed by atoms with Gasteiger partial charge >= 0.3 is 6.03 Å². The summed E-state index contributed by atoms with van der Waals surface area (Å²) in [5.41, 5.74) is 1.22. The average Bonchev–Trinajstić information content (AvgIpc) is 2.77. The standard InChI is InChI=1S/C23H28N4O3/c1-17(2)15-24-21(28)20-16-26(23(30)25-19-11-7-4-8-12-19)13-14-27(20)22(29)18-9-5-3-6-10-18/h3-12,17,20H,13-16H2,1-2H3,(H,24,28)(H,25,30). The molecule has 1 heterocycles. The van der Waals surface area contributed by atoms with Gasteiger partial charge in [0.15, 0.2) is 0 Å². The Balaban J connectivity index is 1.75. The molecule has 1 unspecified atom stereocenters. The Labute approximate surface area is 177 Å². The van der Waals surface area contributed by atoms with Gasteiger partial charge in [0.2, 0.25) is 5.91 Å². The first kappa shape index (κ1) is 21.4. The van der Waals surface area contributed by atoms with E-state index in [0.29, 0.717) is 24.3 Å². The molecule has 0 radical (unpaired) electrons. The molecule has 0 bridgehead atoms. The van der Waals surface area contributed by atoms with Crippen molar-refractivity contribution in [1.82, 2.24) is 15.1 Å². The van der Waals surface area contributed by atoms with Crippen molar-refractivity contribution in [3.63, 3.8) is 0 Å². The largest absolute Gasteiger partial charge is 0.354 e. The Bertz CT molecular complexity index is 871. The van der Waals surface area contributed by atoms with E-state index in [1.54, 1.807) is 46.2 Å². The maximum Gasteiger partial charge on any atom is 0.321 e. The van der Waals surface area contributed by atoms with E-state index < -0.39 is 6.04 Å². The van der Waals surface area contributed by atoms with E-state index in [1.165, 1.54) is 0 Å². The summed E-state index contributed by atoms with van der Waals surface area (Å²) in [5.74, 6) is -0.165. The number of hydrogen-bond acceptors (Lipinski definition) is 3. The van der Waals surface area contributed by atoms with Gasteiger partial charge in [0.05, 0.1) is 6.54 Å². The molecule has 7 nitrogen and oxygen atoms in total. The summed E-state index contributed by atoms with van der Waals surface area (Å²) in [6, 6.07) is 17.0. The lowest BCUT2D eigenvalue weighted by Gasteiger charge is -2.40. The number of hydrogen-bond donors (Lipinski definition) is 2. The molecular weight excluding hydrogens is 380 g/mol. The fraction of sp³-hybridized carbons (Fsp3) is 0.348. The molecule has 7 heteroatoms. The highest BCUT2D eigenvalue weighted by Gasteiger charge is 2.37. The number of nitrogens with zero attached hydrogens (tertiary/aromatic N) is 2. The van der Waals surface area contributed by atoms with Crippen molar-refractivity contribution in [2.45, 2.75) is 19.9 Å². The number of carbonyl (C=O) groups is 3. The van der Waals surface area contributed by atoms with Crippen molar-refractivity contribution in [2.75, 3.05) is 31.5 Å². The van der Waals surface area contributed by atoms with Gasteiger partial charge in [-0.25, -0.2) is 4.79 Å². The normalized spacial score (nSPS) is 16.3. The number of anilines is 1. The number of nitrogens with one attached hydrogen (secondary N) is 2. The first-order valence-corrected chi connectivity index (χ1v) is 10.2. The Morgan fingerprint density at radius 3 is 2.23 bits per heavy atom. The molecule has 0 saturated carbocycles. The van der Waals surface area contributed by atoms with Crippen molar-refractivity contribution in [1.29, 1.82) is 0 Å². The van der Waals surface area contributed by atoms with Gasteiger partial charge in [0.1, 0.15) is 6.04 Å². The van der Waals surface area contributed by atoms with E-state index in [2.05, 4.69) is 10.6 Å². The Morgan fingerprint density at radius 1 is 0.967 bits per heavy atom. The van der Waals surface area contributed by atoms with Crippen LogP contribution < -0.4 is 10.6 Å². The number of urea groups is 1. The molecule has 2 aromatic carbocycles. The number of benzene rings is 2. The number of carbonyl (C=O) groups excluding carboxylic acids is 3. The van der Waals surface area contributed by atoms with Crippen LogP contribution in [0.25, 0.3) is 0 Å². The second-order valence-corrected chi connectivity index (χ2v) is 7.76. The zero-order valence-corrected chi connectivity index (χ0v) is 17.4. The van der Waals surface area contributed by atoms with Crippen molar-refractivity contribution >= 4 is 23.5 Å². The SMILES string of the molecule is CC(C)CNC(=O)C1CN(C(=O)Nc2ccccc2)CCN1C(=O)c1ccccc1. The quantitative estimate of drug-likeness (QED) is 0.798. The van der Waals surface area contributed by atoms with Crippen molar-refractivity contribution < 1.29 is 14.4 Å². The summed E-state index contributed by atoms with van der Waals surface area (Å²) >= 11 is 0. The van der Waals surface area contributed by atoms with Crippen LogP contribution in [0.15, 0.2) is 60.7 Å². The zero-order valence-electron chi connectivity index (χ0n) is 17.4. The average molecular weight is 409 g/mol. The molecule has 0 aliphatic carbocycles. The summed E-state index contributed by atoms with van der Waals surface area (Å²) in [6.45, 7) is 5.31. The molecule has 0 spiro atoms. The minimum Gasteiger partial charge on any atom is -0.354 e. The molecule has 158 valence electrons. The van der Waals surface area contributed by atoms with Crippen LogP contribution in [0.3, 0.4) is 0 Å². The molecular formula is C23H28N4O3. The summed E-state index contributed by atoms with van der Waals surface area (Å²) in [4.78, 5) is 41.8. The zero-order chi connectivity index (χ0) is 21.5. The molecule has 1 fully saturated rings. The molecule has 2 aromatic rings. The van der Waals surface area contributed by atoms with E-state index >= 15 is 0 Å². The van der Waals surface area contributed by atoms with Gasteiger partial charge in [-0.1, -0.05) is 50.2 Å². The van der Waals surface area contributed by atoms with E-state index in [1.807, 2.05) is 38.1 Å². The van der Waals surface area contributed by atoms with Crippen molar-refractivity contribution in [3.8, 4) is 0 Å². The highest BCUT2D eigenvalue weighted by molar-refractivity contribution is 5.98. The third-order valence-corrected chi connectivity index (χ3v) is 4.96. The Hall–Kier alpha value is -3.35. The molecule has 3 rings (SSSR count). The van der Waals surface area contributed by atoms with Gasteiger partial charge in [-0.3, -0.25) is 9.59 Å². The van der Waals surface area contributed by atoms with E-state index in [0.717, 1.165) is 0 Å². The number of para-hydroxylation sites is 1. The summed E-state index contributed by atoms with van der Waals surface area (Å²) in [5, 5.41) is 5.76. The maximum absolute atomic E-state index is 13.0. The van der Waals surface area contributed by atoms with Crippen molar-refractivity contribution in [3.05, 3.63) is 66.2 Å². The first-order valence-electron chi connectivity index (χ1n) is 10.2. The number of rotatable bonds is 5. The lowest BCUT2D eigenvalue weighted by atomic mass is 10.1. The summed E-state index contributed by atoms with van der Waals surface area (Å²) < 4.78 is 0. The lowest BCUT2D eigenvalue weighted by molar-refractivity contribution is -0.127. The van der Waals surface area contributed by atoms with E-state index in [4.69, 9.17) is 0 Å². The molecule has 1 aliphatic heterocycles. The third kappa shape index (κ3) is 5.37. The van der Waals surface area contributed by atoms with Crippen LogP contribution in [0.4, 0.5) is 10.5 Å². The van der Waals surface area contributed by atoms with Crippen LogP contribution in [0, 0.1) is 5.92 Å². The smallest absolute Gasteiger partial charge is 0.321 e. The summed E-state index contributed by atoms with van der Waals surface area (Å²) in [7, 11) is 0. The van der Waals surface area contributed by atoms with Crippen LogP contribution in [-0.4, -0.2) is 59.9 Å². The molecule has 1 atom stereocenters. The Kier molecular flexibility index (Phi) is 7.06. The predicted octanol–water partition coefficient (Wildman–Crippen LogP) is 2.82. The van der Waals surface area contributed by atoms with Gasteiger partial charge in [0.25, 0.3) is 5.91 Å². The molecule has 1 aliphatic rings. The maximum atomic E-state index is 13.0. The van der Waals surface area contributed by atoms with Crippen LogP contribution >= 0.6 is 0 Å². The molecule has 30 heavy (non-hydrogen) atoms. The third-order valence-electron chi connectivity index (χ3n) is 4.96. The van der Waals surface area contributed by atoms with Gasteiger partial charge in [-0.2, -0.15) is 0 Å². The van der Waals surface area contributed by atoms with Gasteiger partial charge in [0, 0.05) is 30.9 Å². The van der Waals surface area contributed by atoms with Crippen LogP contribution in [0.2, 0.25) is 0 Å². The molecule has 0 aromatic heterocycles. The molecule has 2 N–H and O–H groups in total. The monoisotopic (exact) mass is 408 g/mol. The Morgan fingerprint density at radius 2 is 1.60 bits per heavy atom. The van der Waals surface area contributed by atoms with Crippen LogP contribution in [0.1, 0.15) is 24.2 Å².